The van der Waals surface area contributed by atoms with Crippen LogP contribution in [0.5, 0.6) is 5.75 Å². The van der Waals surface area contributed by atoms with Crippen molar-refractivity contribution < 1.29 is 27.5 Å². The fraction of sp³-hybridized carbons (Fsp3) is 0.167. The number of rotatable bonds is 3. The molecular formula is C18H11F3I2O3. The number of carbonyl (C=O) groups excluding carboxylic acids is 1. The molecule has 0 aliphatic rings. The van der Waals surface area contributed by atoms with Crippen LogP contribution < -0.4 is 0 Å². The van der Waals surface area contributed by atoms with Crippen molar-refractivity contribution in [1.29, 1.82) is 0 Å². The normalized spacial score (nSPS) is 11.9. The molecule has 0 aliphatic heterocycles. The van der Waals surface area contributed by atoms with Crippen LogP contribution in [-0.4, -0.2) is 10.9 Å². The summed E-state index contributed by atoms with van der Waals surface area (Å²) in [6.45, 7) is 1.71. The van der Waals surface area contributed by atoms with E-state index in [4.69, 9.17) is 4.42 Å². The van der Waals surface area contributed by atoms with Gasteiger partial charge in [0.1, 0.15) is 17.1 Å². The number of benzene rings is 2. The van der Waals surface area contributed by atoms with Crippen molar-refractivity contribution in [3.05, 3.63) is 59.9 Å². The maximum absolute atomic E-state index is 13.5. The van der Waals surface area contributed by atoms with Crippen LogP contribution in [0.3, 0.4) is 0 Å². The van der Waals surface area contributed by atoms with Crippen molar-refractivity contribution in [3.63, 3.8) is 0 Å². The first-order chi connectivity index (χ1) is 12.1. The minimum Gasteiger partial charge on any atom is -0.506 e. The van der Waals surface area contributed by atoms with Crippen LogP contribution in [-0.2, 0) is 12.6 Å². The number of furan rings is 1. The molecule has 136 valence electrons. The third kappa shape index (κ3) is 3.32. The van der Waals surface area contributed by atoms with Crippen LogP contribution in [0.2, 0.25) is 0 Å². The molecular weight excluding hydrogens is 575 g/mol. The minimum absolute atomic E-state index is 0.0307. The van der Waals surface area contributed by atoms with Gasteiger partial charge in [-0.2, -0.15) is 13.2 Å². The average Bonchev–Trinajstić information content (AvgIpc) is 2.96. The SMILES string of the molecule is CCc1oc2cccc(C(F)(F)F)c2c1C(=O)c1cc(I)c(O)c(I)c1. The van der Waals surface area contributed by atoms with E-state index in [1.165, 1.54) is 24.3 Å². The van der Waals surface area contributed by atoms with Gasteiger partial charge in [-0.25, -0.2) is 0 Å². The Hall–Kier alpha value is -1.30. The lowest BCUT2D eigenvalue weighted by Gasteiger charge is -2.10. The van der Waals surface area contributed by atoms with Crippen LogP contribution in [0.25, 0.3) is 11.0 Å². The number of phenolic OH excluding ortho intramolecular Hbond substituents is 1. The number of aryl methyl sites for hydroxylation is 1. The van der Waals surface area contributed by atoms with E-state index >= 15 is 0 Å². The molecule has 3 nitrogen and oxygen atoms in total. The standard InChI is InChI=1S/C18H11F3I2O3/c1-2-12-15(16(24)8-6-10(22)17(25)11(23)7-8)14-9(18(19,20)21)4-3-5-13(14)26-12/h3-7,25H,2H2,1H3. The van der Waals surface area contributed by atoms with E-state index in [9.17, 15) is 23.1 Å². The molecule has 0 aliphatic carbocycles. The van der Waals surface area contributed by atoms with Gasteiger partial charge in [0.25, 0.3) is 0 Å². The van der Waals surface area contributed by atoms with Gasteiger partial charge in [-0.3, -0.25) is 4.79 Å². The van der Waals surface area contributed by atoms with Gasteiger partial charge in [0, 0.05) is 17.4 Å². The third-order valence-electron chi connectivity index (χ3n) is 3.92. The highest BCUT2D eigenvalue weighted by atomic mass is 127. The predicted octanol–water partition coefficient (Wildman–Crippen LogP) is 6.16. The summed E-state index contributed by atoms with van der Waals surface area (Å²) in [7, 11) is 0. The Kier molecular flexibility index (Phi) is 5.26. The predicted molar refractivity (Wildman–Crippen MR) is 108 cm³/mol. The van der Waals surface area contributed by atoms with Gasteiger partial charge in [0.2, 0.25) is 0 Å². The number of phenols is 1. The number of fused-ring (bicyclic) bond motifs is 1. The zero-order valence-corrected chi connectivity index (χ0v) is 17.6. The fourth-order valence-electron chi connectivity index (χ4n) is 2.76. The highest BCUT2D eigenvalue weighted by Gasteiger charge is 2.36. The zero-order valence-electron chi connectivity index (χ0n) is 13.2. The number of ketones is 1. The second-order valence-corrected chi connectivity index (χ2v) is 7.87. The van der Waals surface area contributed by atoms with Crippen molar-refractivity contribution >= 4 is 61.9 Å². The summed E-state index contributed by atoms with van der Waals surface area (Å²) in [6, 6.07) is 6.53. The summed E-state index contributed by atoms with van der Waals surface area (Å²) in [5, 5.41) is 9.65. The first-order valence-corrected chi connectivity index (χ1v) is 9.65. The van der Waals surface area contributed by atoms with Crippen LogP contribution in [0.4, 0.5) is 13.2 Å². The third-order valence-corrected chi connectivity index (χ3v) is 5.57. The largest absolute Gasteiger partial charge is 0.506 e. The van der Waals surface area contributed by atoms with Crippen LogP contribution in [0.15, 0.2) is 34.7 Å². The molecule has 1 N–H and O–H groups in total. The van der Waals surface area contributed by atoms with Gasteiger partial charge < -0.3 is 9.52 Å². The van der Waals surface area contributed by atoms with Crippen LogP contribution in [0.1, 0.15) is 34.2 Å². The summed E-state index contributed by atoms with van der Waals surface area (Å²) < 4.78 is 46.8. The molecule has 3 aromatic rings. The number of carbonyl (C=O) groups is 1. The monoisotopic (exact) mass is 586 g/mol. The Bertz CT molecular complexity index is 999. The lowest BCUT2D eigenvalue weighted by Crippen LogP contribution is -2.09. The Labute approximate surface area is 173 Å². The van der Waals surface area contributed by atoms with Crippen molar-refractivity contribution in [2.45, 2.75) is 19.5 Å². The molecule has 0 fully saturated rings. The molecule has 0 spiro atoms. The first-order valence-electron chi connectivity index (χ1n) is 7.49. The van der Waals surface area contributed by atoms with E-state index in [0.29, 0.717) is 7.14 Å². The second kappa shape index (κ2) is 7.02. The van der Waals surface area contributed by atoms with E-state index in [2.05, 4.69) is 0 Å². The van der Waals surface area contributed by atoms with Gasteiger partial charge in [0.05, 0.1) is 18.3 Å². The van der Waals surface area contributed by atoms with Crippen molar-refractivity contribution in [1.82, 2.24) is 0 Å². The summed E-state index contributed by atoms with van der Waals surface area (Å²) in [6.07, 6.45) is -4.33. The molecule has 0 amide bonds. The molecule has 3 rings (SSSR count). The summed E-state index contributed by atoms with van der Waals surface area (Å²) in [5.41, 5.74) is -0.744. The average molecular weight is 586 g/mol. The smallest absolute Gasteiger partial charge is 0.417 e. The van der Waals surface area contributed by atoms with Crippen molar-refractivity contribution in [2.24, 2.45) is 0 Å². The summed E-state index contributed by atoms with van der Waals surface area (Å²) in [4.78, 5) is 13.1. The van der Waals surface area contributed by atoms with Gasteiger partial charge in [-0.05, 0) is 69.4 Å². The molecule has 0 saturated carbocycles. The first kappa shape index (κ1) is 19.5. The number of hydrogen-bond acceptors (Lipinski definition) is 3. The molecule has 0 saturated heterocycles. The van der Waals surface area contributed by atoms with Crippen LogP contribution in [0, 0.1) is 7.14 Å². The molecule has 2 aromatic carbocycles. The van der Waals surface area contributed by atoms with Crippen LogP contribution >= 0.6 is 45.2 Å². The quantitative estimate of drug-likeness (QED) is 0.296. The van der Waals surface area contributed by atoms with Gasteiger partial charge in [-0.15, -0.1) is 0 Å². The van der Waals surface area contributed by atoms with E-state index < -0.39 is 17.5 Å². The van der Waals surface area contributed by atoms with Gasteiger partial charge >= 0.3 is 6.18 Å². The highest BCUT2D eigenvalue weighted by molar-refractivity contribution is 14.1. The number of halogens is 5. The van der Waals surface area contributed by atoms with E-state index in [-0.39, 0.29) is 40.0 Å². The Balaban J connectivity index is 2.32. The Morgan fingerprint density at radius 1 is 1.19 bits per heavy atom. The van der Waals surface area contributed by atoms with E-state index in [1.54, 1.807) is 6.92 Å². The molecule has 1 heterocycles. The van der Waals surface area contributed by atoms with Crippen molar-refractivity contribution in [2.75, 3.05) is 0 Å². The van der Waals surface area contributed by atoms with Crippen molar-refractivity contribution in [3.8, 4) is 5.75 Å². The molecule has 26 heavy (non-hydrogen) atoms. The molecule has 0 bridgehead atoms. The lowest BCUT2D eigenvalue weighted by atomic mass is 9.96. The lowest BCUT2D eigenvalue weighted by molar-refractivity contribution is -0.136. The van der Waals surface area contributed by atoms with Gasteiger partial charge in [0.15, 0.2) is 5.78 Å². The highest BCUT2D eigenvalue weighted by Crippen LogP contribution is 2.40. The van der Waals surface area contributed by atoms with E-state index in [0.717, 1.165) is 6.07 Å². The Morgan fingerprint density at radius 2 is 1.81 bits per heavy atom. The fourth-order valence-corrected chi connectivity index (χ4v) is 4.53. The maximum atomic E-state index is 13.5. The minimum atomic E-state index is -4.61. The number of alkyl halides is 3. The molecule has 0 radical (unpaired) electrons. The van der Waals surface area contributed by atoms with E-state index in [1.807, 2.05) is 45.2 Å². The molecule has 0 unspecified atom stereocenters. The zero-order chi connectivity index (χ0) is 19.2. The topological polar surface area (TPSA) is 50.4 Å². The summed E-state index contributed by atoms with van der Waals surface area (Å²) in [5.74, 6) is -0.320. The molecule has 1 aromatic heterocycles. The molecule has 8 heteroatoms. The Morgan fingerprint density at radius 3 is 2.35 bits per heavy atom. The maximum Gasteiger partial charge on any atom is 0.417 e. The number of aromatic hydroxyl groups is 1. The second-order valence-electron chi connectivity index (χ2n) is 5.55. The van der Waals surface area contributed by atoms with Gasteiger partial charge in [-0.1, -0.05) is 13.0 Å². The summed E-state index contributed by atoms with van der Waals surface area (Å²) >= 11 is 3.74. The number of hydrogen-bond donors (Lipinski definition) is 1. The molecule has 0 atom stereocenters.